The summed E-state index contributed by atoms with van der Waals surface area (Å²) >= 11 is 0. The minimum absolute atomic E-state index is 0.207. The van der Waals surface area contributed by atoms with Crippen LogP contribution in [-0.2, 0) is 46.2 Å². The summed E-state index contributed by atoms with van der Waals surface area (Å²) in [6, 6.07) is -1.47. The SMILES string of the molecule is [B][B][C@@H]1O[C@@H]2COP(=O)(O)OCCNC(=O)NCOP(=O)(O)OC3C(O)C(COCN4N(CO[C@H]2[C@H]1C)N1NNNNN2N(NNN41)N1N2N2N4N(C)N(C)N4N12)O[C@H]3C. The van der Waals surface area contributed by atoms with Gasteiger partial charge in [0.15, 0.2) is 0 Å². The quantitative estimate of drug-likeness (QED) is 0.0860. The van der Waals surface area contributed by atoms with Crippen molar-refractivity contribution in [2.45, 2.75) is 56.5 Å². The third-order valence-corrected chi connectivity index (χ3v) is 12.2. The number of ether oxygens (including phenoxy) is 4. The van der Waals surface area contributed by atoms with Crippen molar-refractivity contribution in [2.75, 3.05) is 60.7 Å². The van der Waals surface area contributed by atoms with E-state index in [4.69, 9.17) is 44.8 Å². The monoisotopic (exact) mass is 901 g/mol. The van der Waals surface area contributed by atoms with Crippen molar-refractivity contribution in [1.82, 2.24) is 117 Å². The Labute approximate surface area is 342 Å². The van der Waals surface area contributed by atoms with E-state index in [1.54, 1.807) is 26.1 Å². The summed E-state index contributed by atoms with van der Waals surface area (Å²) in [5.74, 6) is -0.360. The minimum atomic E-state index is -4.84. The Morgan fingerprint density at radius 1 is 0.750 bits per heavy atom. The van der Waals surface area contributed by atoms with Gasteiger partial charge in [0.25, 0.3) is 0 Å². The van der Waals surface area contributed by atoms with E-state index in [1.807, 2.05) is 41.7 Å². The van der Waals surface area contributed by atoms with Crippen molar-refractivity contribution in [3.05, 3.63) is 0 Å². The van der Waals surface area contributed by atoms with Crippen LogP contribution in [0.4, 0.5) is 4.79 Å². The van der Waals surface area contributed by atoms with Crippen LogP contribution in [0.1, 0.15) is 13.8 Å². The fraction of sp³-hybridized carbons (Fsp3) is 0.950. The lowest BCUT2D eigenvalue weighted by Gasteiger charge is -2.84. The van der Waals surface area contributed by atoms with Gasteiger partial charge in [-0.15, -0.1) is 32.4 Å². The molecule has 0 aliphatic carbocycles. The highest BCUT2D eigenvalue weighted by Crippen LogP contribution is 2.50. The minimum Gasteiger partial charge on any atom is -0.387 e. The number of phosphoric ester groups is 2. The van der Waals surface area contributed by atoms with Crippen LogP contribution in [0.15, 0.2) is 0 Å². The number of urea groups is 1. The number of phosphoric acid groups is 2. The van der Waals surface area contributed by atoms with E-state index >= 15 is 0 Å². The summed E-state index contributed by atoms with van der Waals surface area (Å²) in [5.41, 5.74) is 17.6. The number of amides is 2. The van der Waals surface area contributed by atoms with Crippen LogP contribution in [-0.4, -0.2) is 212 Å². The second kappa shape index (κ2) is 17.2. The Morgan fingerprint density at radius 2 is 1.40 bits per heavy atom. The summed E-state index contributed by atoms with van der Waals surface area (Å²) in [4.78, 5) is 32.9. The van der Waals surface area contributed by atoms with Crippen molar-refractivity contribution < 1.29 is 65.9 Å². The van der Waals surface area contributed by atoms with Gasteiger partial charge in [0.2, 0.25) is 0 Å². The second-order valence-electron chi connectivity index (χ2n) is 13.9. The molecule has 9 rings (SSSR count). The molecule has 0 aromatic carbocycles. The molecule has 335 valence electrons. The predicted octanol–water partition coefficient (Wildman–Crippen LogP) is -8.51. The molecule has 36 nitrogen and oxygen atoms in total. The number of carbonyl (C=O) groups excluding carboxylic acids is 1. The van der Waals surface area contributed by atoms with E-state index in [0.717, 1.165) is 0 Å². The van der Waals surface area contributed by atoms with Crippen molar-refractivity contribution in [2.24, 2.45) is 5.92 Å². The maximum atomic E-state index is 12.8. The zero-order valence-electron chi connectivity index (χ0n) is 32.2. The molecular formula is C20H45B2N22O14P2. The molecule has 2 bridgehead atoms. The molecule has 0 aromatic rings. The first-order valence-corrected chi connectivity index (χ1v) is 21.3. The highest BCUT2D eigenvalue weighted by atomic mass is 31.2. The number of rotatable bonds is 1. The number of hydrazine groups is 25. The van der Waals surface area contributed by atoms with Crippen molar-refractivity contribution in [3.63, 3.8) is 0 Å². The lowest BCUT2D eigenvalue weighted by atomic mass is 9.49. The molecule has 0 spiro atoms. The predicted molar refractivity (Wildman–Crippen MR) is 186 cm³/mol. The molecule has 60 heavy (non-hydrogen) atoms. The zero-order chi connectivity index (χ0) is 42.2. The maximum absolute atomic E-state index is 12.8. The average Bonchev–Trinajstić information content (AvgIpc) is 3.64. The van der Waals surface area contributed by atoms with E-state index in [-0.39, 0.29) is 32.5 Å². The van der Waals surface area contributed by atoms with Crippen LogP contribution < -0.4 is 43.8 Å². The van der Waals surface area contributed by atoms with Crippen LogP contribution in [0.25, 0.3) is 0 Å². The van der Waals surface area contributed by atoms with Crippen molar-refractivity contribution in [3.8, 4) is 0 Å². The van der Waals surface area contributed by atoms with Crippen LogP contribution in [0.3, 0.4) is 0 Å². The number of aliphatic hydroxyl groups is 1. The van der Waals surface area contributed by atoms with Crippen LogP contribution in [0, 0.1) is 5.92 Å². The molecule has 9 aliphatic heterocycles. The Balaban J connectivity index is 0.907. The standard InChI is InChI=1S/C20H45B2N22O14P2/c1-12-17-15(57-19(12)22-21)8-54-59(47,48)53-6-5-23-20(46)24-9-55-60(49,50)58-18-13(2)56-14(16(18)45)7-51-10-33-34(11-52-17)35-27-25-26-28-37-38(30-29-36(33)35)42-41(37)43-39-31(3)32(4)40(39)44(42)43/h12-19,25-30,45H,5-11H2,1-4H3,(H,47,48)(H,49,50)(H2,23,24,46)/t12-,13+,14?,15-,16?,17+,18?,19-/m1/s1. The zero-order valence-corrected chi connectivity index (χ0v) is 34.0. The maximum Gasteiger partial charge on any atom is 0.474 e. The molecule has 9 aliphatic rings. The number of hydrogen-bond donors (Lipinski definition) is 11. The van der Waals surface area contributed by atoms with E-state index in [0.29, 0.717) is 0 Å². The summed E-state index contributed by atoms with van der Waals surface area (Å²) in [6.45, 7) is 0.775. The Morgan fingerprint density at radius 3 is 2.12 bits per heavy atom. The normalized spacial score (nSPS) is 43.5. The highest BCUT2D eigenvalue weighted by molar-refractivity contribution is 7.47. The third-order valence-electron chi connectivity index (χ3n) is 10.2. The van der Waals surface area contributed by atoms with Crippen LogP contribution >= 0.6 is 15.6 Å². The molecule has 0 saturated carbocycles. The Hall–Kier alpha value is -1.38. The molecule has 2 amide bonds. The molecule has 11 N–H and O–H groups in total. The topological polar surface area (TPSA) is 327 Å². The molecule has 5 unspecified atom stereocenters. The summed E-state index contributed by atoms with van der Waals surface area (Å²) < 4.78 is 70.0. The van der Waals surface area contributed by atoms with Gasteiger partial charge in [-0.25, -0.2) is 13.9 Å². The first-order chi connectivity index (χ1) is 28.7. The van der Waals surface area contributed by atoms with E-state index in [1.165, 1.54) is 40.0 Å². The highest BCUT2D eigenvalue weighted by Gasteiger charge is 2.80. The molecule has 40 heteroatoms. The van der Waals surface area contributed by atoms with E-state index in [9.17, 15) is 28.8 Å². The number of fused-ring (bicyclic) bond motifs is 17. The van der Waals surface area contributed by atoms with E-state index < -0.39 is 84.2 Å². The lowest BCUT2D eigenvalue weighted by molar-refractivity contribution is -0.953. The number of nitrogens with zero attached hydrogens (tertiary/aromatic N) is 14. The van der Waals surface area contributed by atoms with Gasteiger partial charge in [-0.3, -0.25) is 18.1 Å². The van der Waals surface area contributed by atoms with Crippen LogP contribution in [0.5, 0.6) is 0 Å². The van der Waals surface area contributed by atoms with Gasteiger partial charge in [-0.05, 0) is 59.2 Å². The first-order valence-electron chi connectivity index (χ1n) is 18.3. The third kappa shape index (κ3) is 7.82. The lowest BCUT2D eigenvalue weighted by Crippen LogP contribution is -3.14. The summed E-state index contributed by atoms with van der Waals surface area (Å²) in [6.07, 6.45) is -6.29. The number of aliphatic hydroxyl groups excluding tert-OH is 1. The number of nitrogens with one attached hydrogen (secondary N) is 8. The van der Waals surface area contributed by atoms with Gasteiger partial charge < -0.3 is 44.5 Å². The van der Waals surface area contributed by atoms with Crippen LogP contribution in [0.2, 0.25) is 0 Å². The smallest absolute Gasteiger partial charge is 0.387 e. The van der Waals surface area contributed by atoms with E-state index in [2.05, 4.69) is 43.8 Å². The molecule has 10 atom stereocenters. The fourth-order valence-electron chi connectivity index (χ4n) is 7.09. The fourth-order valence-corrected chi connectivity index (χ4v) is 8.72. The Kier molecular flexibility index (Phi) is 12.6. The molecule has 0 aromatic heterocycles. The first kappa shape index (κ1) is 43.9. The van der Waals surface area contributed by atoms with Gasteiger partial charge in [-0.2, -0.15) is 11.1 Å². The molecule has 9 heterocycles. The summed E-state index contributed by atoms with van der Waals surface area (Å²) in [5, 5.41) is 38.9. The van der Waals surface area contributed by atoms with Gasteiger partial charge in [0, 0.05) is 40.3 Å². The number of hydrogen-bond acceptors (Lipinski definition) is 32. The molecule has 9 saturated heterocycles. The van der Waals surface area contributed by atoms with Crippen molar-refractivity contribution in [1.29, 1.82) is 0 Å². The van der Waals surface area contributed by atoms with Gasteiger partial charge >= 0.3 is 21.7 Å². The molecule has 9 fully saturated rings. The Bertz CT molecular complexity index is 1680. The second-order valence-corrected chi connectivity index (χ2v) is 16.7. The van der Waals surface area contributed by atoms with Gasteiger partial charge in [0.05, 0.1) is 39.2 Å². The summed E-state index contributed by atoms with van der Waals surface area (Å²) in [7, 11) is 1.45. The van der Waals surface area contributed by atoms with Gasteiger partial charge in [-0.1, -0.05) is 17.2 Å². The number of carbonyl (C=O) groups is 1. The van der Waals surface area contributed by atoms with Crippen molar-refractivity contribution >= 4 is 36.6 Å². The van der Waals surface area contributed by atoms with Gasteiger partial charge in [0.1, 0.15) is 44.6 Å². The molecule has 3 radical (unpaired) electrons. The largest absolute Gasteiger partial charge is 0.474 e. The molecular weight excluding hydrogens is 856 g/mol. The average molecular weight is 901 g/mol.